The van der Waals surface area contributed by atoms with Gasteiger partial charge in [0.15, 0.2) is 11.6 Å². The lowest BCUT2D eigenvalue weighted by Crippen LogP contribution is -2.14. The highest BCUT2D eigenvalue weighted by atomic mass is 19.1. The van der Waals surface area contributed by atoms with Crippen molar-refractivity contribution in [3.05, 3.63) is 47.5 Å². The van der Waals surface area contributed by atoms with Crippen molar-refractivity contribution in [3.63, 3.8) is 0 Å². The summed E-state index contributed by atoms with van der Waals surface area (Å²) in [7, 11) is 0. The van der Waals surface area contributed by atoms with Gasteiger partial charge >= 0.3 is 0 Å². The Kier molecular flexibility index (Phi) is 4.27. The van der Waals surface area contributed by atoms with Gasteiger partial charge in [0.25, 0.3) is 0 Å². The molecule has 0 amide bonds. The molecule has 5 heteroatoms. The third kappa shape index (κ3) is 2.98. The van der Waals surface area contributed by atoms with Crippen molar-refractivity contribution in [1.29, 1.82) is 0 Å². The second-order valence-electron chi connectivity index (χ2n) is 4.43. The van der Waals surface area contributed by atoms with Gasteiger partial charge in [-0.25, -0.2) is 13.8 Å². The first kappa shape index (κ1) is 13.7. The molecule has 0 aliphatic rings. The monoisotopic (exact) mass is 265 g/mol. The predicted molar refractivity (Wildman–Crippen MR) is 70.2 cm³/mol. The predicted octanol–water partition coefficient (Wildman–Crippen LogP) is 2.96. The molecule has 0 aliphatic heterocycles. The number of aromatic nitrogens is 2. The largest absolute Gasteiger partial charge is 0.313 e. The van der Waals surface area contributed by atoms with Crippen LogP contribution in [-0.2, 0) is 6.54 Å². The molecular weight excluding hydrogens is 248 g/mol. The maximum absolute atomic E-state index is 14.0. The molecule has 3 nitrogen and oxygen atoms in total. The van der Waals surface area contributed by atoms with Crippen LogP contribution in [-0.4, -0.2) is 16.1 Å². The van der Waals surface area contributed by atoms with Crippen molar-refractivity contribution in [2.45, 2.75) is 26.8 Å². The molecule has 0 bridgehead atoms. The molecule has 0 unspecified atom stereocenters. The van der Waals surface area contributed by atoms with E-state index in [1.54, 1.807) is 13.1 Å². The number of rotatable bonds is 5. The van der Waals surface area contributed by atoms with Crippen LogP contribution in [0.4, 0.5) is 8.78 Å². The van der Waals surface area contributed by atoms with Crippen molar-refractivity contribution in [2.24, 2.45) is 0 Å². The van der Waals surface area contributed by atoms with Gasteiger partial charge in [-0.15, -0.1) is 0 Å². The zero-order chi connectivity index (χ0) is 13.8. The van der Waals surface area contributed by atoms with Crippen molar-refractivity contribution >= 4 is 0 Å². The maximum Gasteiger partial charge on any atom is 0.150 e. The Morgan fingerprint density at radius 2 is 1.95 bits per heavy atom. The quantitative estimate of drug-likeness (QED) is 0.842. The topological polar surface area (TPSA) is 29.9 Å². The van der Waals surface area contributed by atoms with Crippen LogP contribution in [0.25, 0.3) is 5.69 Å². The van der Waals surface area contributed by atoms with Crippen LogP contribution in [0, 0.1) is 18.6 Å². The van der Waals surface area contributed by atoms with Crippen LogP contribution in [0.5, 0.6) is 0 Å². The van der Waals surface area contributed by atoms with Gasteiger partial charge in [-0.1, -0.05) is 6.92 Å². The second-order valence-corrected chi connectivity index (χ2v) is 4.43. The van der Waals surface area contributed by atoms with E-state index in [9.17, 15) is 8.78 Å². The van der Waals surface area contributed by atoms with Crippen LogP contribution in [0.2, 0.25) is 0 Å². The summed E-state index contributed by atoms with van der Waals surface area (Å²) in [6.07, 6.45) is 4.05. The number of hydrogen-bond donors (Lipinski definition) is 1. The average Bonchev–Trinajstić information content (AvgIpc) is 2.75. The Hall–Kier alpha value is -1.75. The van der Waals surface area contributed by atoms with E-state index >= 15 is 0 Å². The van der Waals surface area contributed by atoms with Gasteiger partial charge in [0.05, 0.1) is 0 Å². The van der Waals surface area contributed by atoms with Crippen LogP contribution in [0.1, 0.15) is 24.7 Å². The molecular formula is C14H17F2N3. The van der Waals surface area contributed by atoms with Gasteiger partial charge in [0.2, 0.25) is 0 Å². The van der Waals surface area contributed by atoms with Gasteiger partial charge in [-0.05, 0) is 37.6 Å². The molecule has 2 aromatic rings. The SMILES string of the molecule is CCCNCc1cc(F)c(-n2ccnc2C)c(F)c1. The average molecular weight is 265 g/mol. The number of nitrogens with one attached hydrogen (secondary N) is 1. The van der Waals surface area contributed by atoms with E-state index in [-0.39, 0.29) is 5.69 Å². The first-order valence-corrected chi connectivity index (χ1v) is 6.32. The minimum Gasteiger partial charge on any atom is -0.313 e. The Balaban J connectivity index is 2.30. The van der Waals surface area contributed by atoms with E-state index in [0.717, 1.165) is 13.0 Å². The lowest BCUT2D eigenvalue weighted by Gasteiger charge is -2.10. The summed E-state index contributed by atoms with van der Waals surface area (Å²) >= 11 is 0. The first-order chi connectivity index (χ1) is 9.13. The van der Waals surface area contributed by atoms with Crippen LogP contribution < -0.4 is 5.32 Å². The smallest absolute Gasteiger partial charge is 0.150 e. The van der Waals surface area contributed by atoms with Crippen molar-refractivity contribution in [1.82, 2.24) is 14.9 Å². The van der Waals surface area contributed by atoms with Gasteiger partial charge in [0.1, 0.15) is 11.5 Å². The standard InChI is InChI=1S/C14H17F2N3/c1-3-4-17-9-11-7-12(15)14(13(16)8-11)19-6-5-18-10(19)2/h5-8,17H,3-4,9H2,1-2H3. The number of halogens is 2. The summed E-state index contributed by atoms with van der Waals surface area (Å²) in [5.41, 5.74) is 0.527. The molecule has 0 saturated heterocycles. The molecule has 102 valence electrons. The molecule has 0 fully saturated rings. The number of imidazole rings is 1. The summed E-state index contributed by atoms with van der Waals surface area (Å²) in [5, 5.41) is 3.12. The summed E-state index contributed by atoms with van der Waals surface area (Å²) in [5.74, 6) is -0.599. The second kappa shape index (κ2) is 5.93. The minimum absolute atomic E-state index is 0.0748. The van der Waals surface area contributed by atoms with Crippen LogP contribution in [0.3, 0.4) is 0 Å². The zero-order valence-electron chi connectivity index (χ0n) is 11.1. The molecule has 0 aliphatic carbocycles. The summed E-state index contributed by atoms with van der Waals surface area (Å²) in [6.45, 7) is 5.03. The first-order valence-electron chi connectivity index (χ1n) is 6.32. The molecule has 0 saturated carbocycles. The Bertz CT molecular complexity index is 541. The lowest BCUT2D eigenvalue weighted by molar-refractivity contribution is 0.560. The summed E-state index contributed by atoms with van der Waals surface area (Å²) in [6, 6.07) is 2.72. The molecule has 0 radical (unpaired) electrons. The fourth-order valence-electron chi connectivity index (χ4n) is 1.97. The number of benzene rings is 1. The van der Waals surface area contributed by atoms with Gasteiger partial charge in [-0.3, -0.25) is 4.57 Å². The number of aryl methyl sites for hydroxylation is 1. The highest BCUT2D eigenvalue weighted by Crippen LogP contribution is 2.21. The number of hydrogen-bond acceptors (Lipinski definition) is 2. The zero-order valence-corrected chi connectivity index (χ0v) is 11.1. The molecule has 0 spiro atoms. The van der Waals surface area contributed by atoms with E-state index < -0.39 is 11.6 Å². The van der Waals surface area contributed by atoms with E-state index in [0.29, 0.717) is 17.9 Å². The highest BCUT2D eigenvalue weighted by molar-refractivity contribution is 5.39. The summed E-state index contributed by atoms with van der Waals surface area (Å²) < 4.78 is 29.5. The van der Waals surface area contributed by atoms with E-state index in [4.69, 9.17) is 0 Å². The summed E-state index contributed by atoms with van der Waals surface area (Å²) in [4.78, 5) is 3.98. The normalized spacial score (nSPS) is 10.9. The van der Waals surface area contributed by atoms with E-state index in [1.807, 2.05) is 6.92 Å². The molecule has 19 heavy (non-hydrogen) atoms. The fraction of sp³-hybridized carbons (Fsp3) is 0.357. The highest BCUT2D eigenvalue weighted by Gasteiger charge is 2.14. The number of nitrogens with zero attached hydrogens (tertiary/aromatic N) is 2. The van der Waals surface area contributed by atoms with Gasteiger partial charge < -0.3 is 5.32 Å². The third-order valence-corrected chi connectivity index (χ3v) is 2.90. The molecule has 1 aromatic carbocycles. The lowest BCUT2D eigenvalue weighted by atomic mass is 10.1. The van der Waals surface area contributed by atoms with Crippen molar-refractivity contribution < 1.29 is 8.78 Å². The van der Waals surface area contributed by atoms with Crippen LogP contribution in [0.15, 0.2) is 24.5 Å². The van der Waals surface area contributed by atoms with E-state index in [2.05, 4.69) is 10.3 Å². The van der Waals surface area contributed by atoms with Gasteiger partial charge in [0, 0.05) is 18.9 Å². The molecule has 1 N–H and O–H groups in total. The Morgan fingerprint density at radius 1 is 1.26 bits per heavy atom. The van der Waals surface area contributed by atoms with Crippen LogP contribution >= 0.6 is 0 Å². The minimum atomic E-state index is -0.575. The van der Waals surface area contributed by atoms with E-state index in [1.165, 1.54) is 22.9 Å². The van der Waals surface area contributed by atoms with Crippen molar-refractivity contribution in [2.75, 3.05) is 6.54 Å². The fourth-order valence-corrected chi connectivity index (χ4v) is 1.97. The molecule has 2 rings (SSSR count). The Labute approximate surface area is 111 Å². The molecule has 1 heterocycles. The van der Waals surface area contributed by atoms with Crippen molar-refractivity contribution in [3.8, 4) is 5.69 Å². The maximum atomic E-state index is 14.0. The molecule has 0 atom stereocenters. The third-order valence-electron chi connectivity index (χ3n) is 2.90. The Morgan fingerprint density at radius 3 is 2.47 bits per heavy atom. The molecule has 1 aromatic heterocycles. The van der Waals surface area contributed by atoms with Gasteiger partial charge in [-0.2, -0.15) is 0 Å².